The summed E-state index contributed by atoms with van der Waals surface area (Å²) < 4.78 is 13.3. The van der Waals surface area contributed by atoms with E-state index in [2.05, 4.69) is 22.5 Å². The summed E-state index contributed by atoms with van der Waals surface area (Å²) in [7, 11) is 0. The van der Waals surface area contributed by atoms with Crippen LogP contribution in [0.4, 0.5) is 11.6 Å². The van der Waals surface area contributed by atoms with Crippen LogP contribution in [-0.2, 0) is 4.79 Å². The Bertz CT molecular complexity index is 1190. The van der Waals surface area contributed by atoms with Crippen LogP contribution in [0.1, 0.15) is 25.5 Å². The first-order valence-electron chi connectivity index (χ1n) is 10.5. The number of hydrogen-bond donors (Lipinski definition) is 2. The van der Waals surface area contributed by atoms with E-state index in [1.165, 1.54) is 0 Å². The number of nitrogens with zero attached hydrogens (tertiary/aromatic N) is 3. The number of benzene rings is 2. The first-order chi connectivity index (χ1) is 15.6. The van der Waals surface area contributed by atoms with Crippen molar-refractivity contribution in [1.82, 2.24) is 14.8 Å². The Kier molecular flexibility index (Phi) is 5.48. The van der Waals surface area contributed by atoms with Gasteiger partial charge in [0.2, 0.25) is 11.1 Å². The maximum atomic E-state index is 13.5. The van der Waals surface area contributed by atoms with Gasteiger partial charge in [-0.15, -0.1) is 5.10 Å². The summed E-state index contributed by atoms with van der Waals surface area (Å²) in [5, 5.41) is 11.6. The Morgan fingerprint density at radius 1 is 1.19 bits per heavy atom. The van der Waals surface area contributed by atoms with Crippen LogP contribution in [-0.4, -0.2) is 39.6 Å². The number of hydrogen-bond acceptors (Lipinski definition) is 7. The lowest BCUT2D eigenvalue weighted by molar-refractivity contribution is -0.113. The van der Waals surface area contributed by atoms with Gasteiger partial charge in [-0.1, -0.05) is 43.0 Å². The van der Waals surface area contributed by atoms with Gasteiger partial charge < -0.3 is 20.1 Å². The third-order valence-electron chi connectivity index (χ3n) is 5.26. The predicted octanol–water partition coefficient (Wildman–Crippen LogP) is 4.09. The number of amides is 1. The fourth-order valence-corrected chi connectivity index (χ4v) is 4.43. The van der Waals surface area contributed by atoms with Gasteiger partial charge in [0.15, 0.2) is 11.5 Å². The minimum Gasteiger partial charge on any atom is -0.486 e. The number of rotatable bonds is 5. The molecule has 3 aromatic rings. The lowest BCUT2D eigenvalue weighted by Crippen LogP contribution is -2.31. The zero-order valence-corrected chi connectivity index (χ0v) is 18.6. The summed E-state index contributed by atoms with van der Waals surface area (Å²) in [6.07, 6.45) is 0. The number of nitrogens with one attached hydrogen (secondary N) is 2. The highest BCUT2D eigenvalue weighted by Gasteiger charge is 2.35. The molecular weight excluding hydrogens is 426 g/mol. The highest BCUT2D eigenvalue weighted by Crippen LogP contribution is 2.40. The highest BCUT2D eigenvalue weighted by atomic mass is 32.2. The number of fused-ring (bicyclic) bond motifs is 2. The molecule has 0 bridgehead atoms. The minimum atomic E-state index is -0.468. The average molecular weight is 450 g/mol. The molecule has 5 rings (SSSR count). The first-order valence-corrected chi connectivity index (χ1v) is 11.5. The second-order valence-electron chi connectivity index (χ2n) is 7.39. The minimum absolute atomic E-state index is 0.202. The van der Waals surface area contributed by atoms with Crippen LogP contribution in [0.5, 0.6) is 11.5 Å². The predicted molar refractivity (Wildman–Crippen MR) is 123 cm³/mol. The molecule has 1 unspecified atom stereocenters. The average Bonchev–Trinajstić information content (AvgIpc) is 3.20. The number of allylic oxidation sites excluding steroid dienone is 1. The first kappa shape index (κ1) is 20.4. The summed E-state index contributed by atoms with van der Waals surface area (Å²) in [5.41, 5.74) is 2.89. The van der Waals surface area contributed by atoms with E-state index in [1.54, 1.807) is 16.4 Å². The molecule has 9 heteroatoms. The van der Waals surface area contributed by atoms with Crippen molar-refractivity contribution in [1.29, 1.82) is 0 Å². The number of carbonyl (C=O) groups is 1. The van der Waals surface area contributed by atoms with Gasteiger partial charge in [-0.25, -0.2) is 4.68 Å². The third-order valence-corrected chi connectivity index (χ3v) is 5.98. The van der Waals surface area contributed by atoms with Crippen molar-refractivity contribution < 1.29 is 14.3 Å². The number of carbonyl (C=O) groups excluding carboxylic acids is 1. The van der Waals surface area contributed by atoms with E-state index in [0.29, 0.717) is 41.4 Å². The summed E-state index contributed by atoms with van der Waals surface area (Å²) in [6.45, 7) is 4.95. The van der Waals surface area contributed by atoms with Crippen molar-refractivity contribution in [2.45, 2.75) is 25.0 Å². The molecule has 0 fully saturated rings. The van der Waals surface area contributed by atoms with Gasteiger partial charge in [0.05, 0.1) is 5.57 Å². The fraction of sp³-hybridized carbons (Fsp3) is 0.261. The summed E-state index contributed by atoms with van der Waals surface area (Å²) in [6, 6.07) is 14.7. The molecular formula is C23H23N5O3S. The van der Waals surface area contributed by atoms with E-state index in [9.17, 15) is 4.79 Å². The van der Waals surface area contributed by atoms with E-state index >= 15 is 0 Å². The van der Waals surface area contributed by atoms with E-state index in [-0.39, 0.29) is 5.91 Å². The zero-order valence-electron chi connectivity index (χ0n) is 17.8. The summed E-state index contributed by atoms with van der Waals surface area (Å²) in [4.78, 5) is 18.1. The van der Waals surface area contributed by atoms with Crippen LogP contribution in [0.25, 0.3) is 0 Å². The molecule has 2 aromatic carbocycles. The normalized spacial score (nSPS) is 16.9. The molecule has 2 N–H and O–H groups in total. The van der Waals surface area contributed by atoms with Crippen LogP contribution < -0.4 is 20.1 Å². The van der Waals surface area contributed by atoms with E-state index in [1.807, 2.05) is 55.5 Å². The van der Waals surface area contributed by atoms with Crippen molar-refractivity contribution in [3.8, 4) is 11.5 Å². The van der Waals surface area contributed by atoms with E-state index in [4.69, 9.17) is 14.6 Å². The Morgan fingerprint density at radius 3 is 2.75 bits per heavy atom. The molecule has 0 radical (unpaired) electrons. The smallest absolute Gasteiger partial charge is 0.255 e. The molecule has 32 heavy (non-hydrogen) atoms. The molecule has 3 heterocycles. The molecule has 0 saturated carbocycles. The third kappa shape index (κ3) is 3.80. The number of thioether (sulfide) groups is 1. The zero-order chi connectivity index (χ0) is 22.1. The van der Waals surface area contributed by atoms with Gasteiger partial charge in [-0.3, -0.25) is 4.79 Å². The van der Waals surface area contributed by atoms with Crippen LogP contribution in [0.2, 0.25) is 0 Å². The molecule has 0 saturated heterocycles. The Labute approximate surface area is 190 Å². The number of para-hydroxylation sites is 1. The number of aromatic nitrogens is 3. The molecule has 0 aliphatic carbocycles. The van der Waals surface area contributed by atoms with Crippen molar-refractivity contribution in [2.75, 3.05) is 29.6 Å². The monoisotopic (exact) mass is 449 g/mol. The Hall–Kier alpha value is -3.46. The van der Waals surface area contributed by atoms with E-state index < -0.39 is 6.04 Å². The number of anilines is 2. The van der Waals surface area contributed by atoms with Crippen LogP contribution in [0.3, 0.4) is 0 Å². The fourth-order valence-electron chi connectivity index (χ4n) is 3.87. The van der Waals surface area contributed by atoms with Crippen molar-refractivity contribution in [3.05, 3.63) is 65.4 Å². The molecule has 1 aromatic heterocycles. The van der Waals surface area contributed by atoms with Crippen molar-refractivity contribution >= 4 is 29.3 Å². The van der Waals surface area contributed by atoms with Crippen molar-refractivity contribution in [3.63, 3.8) is 0 Å². The molecule has 8 nitrogen and oxygen atoms in total. The summed E-state index contributed by atoms with van der Waals surface area (Å²) >= 11 is 1.56. The Morgan fingerprint density at radius 2 is 1.97 bits per heavy atom. The quantitative estimate of drug-likeness (QED) is 0.567. The van der Waals surface area contributed by atoms with Gasteiger partial charge in [0.1, 0.15) is 19.3 Å². The van der Waals surface area contributed by atoms with Crippen LogP contribution in [0.15, 0.2) is 65.0 Å². The largest absolute Gasteiger partial charge is 0.486 e. The topological polar surface area (TPSA) is 90.3 Å². The molecule has 0 spiro atoms. The van der Waals surface area contributed by atoms with E-state index in [0.717, 1.165) is 22.7 Å². The lowest BCUT2D eigenvalue weighted by Gasteiger charge is -2.29. The Balaban J connectivity index is 1.59. The molecule has 1 amide bonds. The maximum absolute atomic E-state index is 13.5. The summed E-state index contributed by atoms with van der Waals surface area (Å²) in [5.74, 6) is 2.62. The van der Waals surface area contributed by atoms with Gasteiger partial charge in [0, 0.05) is 11.4 Å². The molecule has 2 aliphatic rings. The molecule has 2 aliphatic heterocycles. The van der Waals surface area contributed by atoms with Gasteiger partial charge in [-0.05, 0) is 42.5 Å². The standard InChI is InChI=1S/C23H23N5O3S/c1-3-32-23-26-22-24-14(2)19(21(29)25-16-7-5-4-6-8-16)20(28(22)27-23)15-9-10-17-18(13-15)31-12-11-30-17/h4-10,13,20H,3,11-12H2,1-2H3,(H,25,29)(H,24,26,27). The van der Waals surface area contributed by atoms with Gasteiger partial charge in [-0.2, -0.15) is 4.98 Å². The number of ether oxygens (including phenoxy) is 2. The molecule has 1 atom stereocenters. The van der Waals surface area contributed by atoms with Gasteiger partial charge >= 0.3 is 0 Å². The van der Waals surface area contributed by atoms with Crippen molar-refractivity contribution in [2.24, 2.45) is 0 Å². The van der Waals surface area contributed by atoms with Crippen LogP contribution in [0, 0.1) is 0 Å². The maximum Gasteiger partial charge on any atom is 0.255 e. The highest BCUT2D eigenvalue weighted by molar-refractivity contribution is 7.99. The molecule has 164 valence electrons. The second kappa shape index (κ2) is 8.58. The second-order valence-corrected chi connectivity index (χ2v) is 8.62. The van der Waals surface area contributed by atoms with Crippen LogP contribution >= 0.6 is 11.8 Å². The SMILES string of the molecule is CCSc1nc2n(n1)C(c1ccc3c(c1)OCCO3)C(C(=O)Nc1ccccc1)=C(C)N2. The lowest BCUT2D eigenvalue weighted by atomic mass is 9.94. The van der Waals surface area contributed by atoms with Gasteiger partial charge in [0.25, 0.3) is 5.91 Å².